The fraction of sp³-hybridized carbons (Fsp3) is 0.600. The number of nitrogens with one attached hydrogen (secondary N) is 2. The third kappa shape index (κ3) is 7.49. The van der Waals surface area contributed by atoms with E-state index in [9.17, 15) is 18.4 Å². The molecule has 1 fully saturated rings. The van der Waals surface area contributed by atoms with Gasteiger partial charge in [-0.1, -0.05) is 19.8 Å². The van der Waals surface area contributed by atoms with Gasteiger partial charge in [-0.3, -0.25) is 9.59 Å². The Bertz CT molecular complexity index is 687. The third-order valence-electron chi connectivity index (χ3n) is 4.84. The predicted molar refractivity (Wildman–Crippen MR) is 102 cm³/mol. The molecule has 1 aliphatic carbocycles. The lowest BCUT2D eigenvalue weighted by Gasteiger charge is -2.28. The molecule has 2 atom stereocenters. The number of halogens is 2. The zero-order valence-electron chi connectivity index (χ0n) is 16.7. The summed E-state index contributed by atoms with van der Waals surface area (Å²) in [4.78, 5) is 24.0. The summed E-state index contributed by atoms with van der Waals surface area (Å²) in [5, 5.41) is 5.16. The summed E-state index contributed by atoms with van der Waals surface area (Å²) in [6.45, 7) is -0.240. The van der Waals surface area contributed by atoms with E-state index >= 15 is 0 Å². The second kappa shape index (κ2) is 11.5. The Balaban J connectivity index is 1.71. The van der Waals surface area contributed by atoms with Crippen LogP contribution in [0.5, 0.6) is 11.5 Å². The van der Waals surface area contributed by atoms with Crippen LogP contribution in [0.25, 0.3) is 0 Å². The van der Waals surface area contributed by atoms with Crippen molar-refractivity contribution >= 4 is 11.8 Å². The van der Waals surface area contributed by atoms with Crippen LogP contribution >= 0.6 is 0 Å². The van der Waals surface area contributed by atoms with Gasteiger partial charge in [0.1, 0.15) is 0 Å². The monoisotopic (exact) mass is 414 g/mol. The Morgan fingerprint density at radius 1 is 1.17 bits per heavy atom. The summed E-state index contributed by atoms with van der Waals surface area (Å²) in [7, 11) is 1.28. The number of hydrogen-bond donors (Lipinski definition) is 2. The highest BCUT2D eigenvalue weighted by Gasteiger charge is 2.21. The molecule has 2 N–H and O–H groups in total. The Morgan fingerprint density at radius 2 is 1.93 bits per heavy atom. The molecule has 1 aromatic rings. The summed E-state index contributed by atoms with van der Waals surface area (Å²) in [6.07, 6.45) is 4.88. The molecule has 7 nitrogen and oxygen atoms in total. The smallest absolute Gasteiger partial charge is 0.387 e. The van der Waals surface area contributed by atoms with E-state index in [-0.39, 0.29) is 35.6 Å². The largest absolute Gasteiger partial charge is 0.493 e. The molecule has 0 aromatic heterocycles. The van der Waals surface area contributed by atoms with E-state index in [1.807, 2.05) is 0 Å². The van der Waals surface area contributed by atoms with Crippen molar-refractivity contribution in [2.45, 2.75) is 45.3 Å². The quantitative estimate of drug-likeness (QED) is 0.575. The maximum atomic E-state index is 12.3. The average Bonchev–Trinajstić information content (AvgIpc) is 2.70. The first-order chi connectivity index (χ1) is 13.9. The standard InChI is InChI=1S/C20H28F2N2O5/c1-13-5-3-4-6-15(13)28-10-9-23-18(25)12-24-19(26)14-7-8-16(29-20(21)22)17(11-14)27-2/h7-8,11,13,15,20H,3-6,9-10,12H2,1-2H3,(H,23,25)(H,24,26). The lowest BCUT2D eigenvalue weighted by Crippen LogP contribution is -2.39. The van der Waals surface area contributed by atoms with Gasteiger partial charge in [0, 0.05) is 12.1 Å². The third-order valence-corrected chi connectivity index (χ3v) is 4.84. The Morgan fingerprint density at radius 3 is 2.62 bits per heavy atom. The number of amides is 2. The molecule has 0 radical (unpaired) electrons. The van der Waals surface area contributed by atoms with Crippen molar-refractivity contribution in [3.8, 4) is 11.5 Å². The number of ether oxygens (including phenoxy) is 3. The van der Waals surface area contributed by atoms with Crippen molar-refractivity contribution < 1.29 is 32.6 Å². The summed E-state index contributed by atoms with van der Waals surface area (Å²) in [5.41, 5.74) is 0.158. The number of hydrogen-bond acceptors (Lipinski definition) is 5. The zero-order valence-corrected chi connectivity index (χ0v) is 16.7. The molecule has 1 aromatic carbocycles. The van der Waals surface area contributed by atoms with Crippen molar-refractivity contribution in [2.24, 2.45) is 5.92 Å². The van der Waals surface area contributed by atoms with Crippen LogP contribution in [-0.2, 0) is 9.53 Å². The zero-order chi connectivity index (χ0) is 21.2. The minimum absolute atomic E-state index is 0.00325. The lowest BCUT2D eigenvalue weighted by molar-refractivity contribution is -0.120. The Hall–Kier alpha value is -2.42. The first kappa shape index (κ1) is 22.9. The van der Waals surface area contributed by atoms with Gasteiger partial charge in [-0.2, -0.15) is 8.78 Å². The number of rotatable bonds is 10. The van der Waals surface area contributed by atoms with Gasteiger partial charge in [0.2, 0.25) is 5.91 Å². The Kier molecular flexibility index (Phi) is 9.11. The molecular weight excluding hydrogens is 386 g/mol. The van der Waals surface area contributed by atoms with E-state index in [1.54, 1.807) is 0 Å². The molecule has 2 amide bonds. The SMILES string of the molecule is COc1cc(C(=O)NCC(=O)NCCOC2CCCCC2C)ccc1OC(F)F. The van der Waals surface area contributed by atoms with E-state index in [1.165, 1.54) is 44.6 Å². The number of carbonyl (C=O) groups excluding carboxylic acids is 2. The van der Waals surface area contributed by atoms with Gasteiger partial charge in [-0.05, 0) is 37.0 Å². The molecule has 29 heavy (non-hydrogen) atoms. The van der Waals surface area contributed by atoms with Crippen LogP contribution in [0.1, 0.15) is 43.0 Å². The van der Waals surface area contributed by atoms with Gasteiger partial charge in [0.25, 0.3) is 5.91 Å². The highest BCUT2D eigenvalue weighted by molar-refractivity contribution is 5.97. The summed E-state index contributed by atoms with van der Waals surface area (Å²) in [6, 6.07) is 3.79. The fourth-order valence-electron chi connectivity index (χ4n) is 3.26. The van der Waals surface area contributed by atoms with Crippen LogP contribution in [0.15, 0.2) is 18.2 Å². The molecule has 1 saturated carbocycles. The molecule has 162 valence electrons. The molecule has 9 heteroatoms. The number of carbonyl (C=O) groups is 2. The number of benzene rings is 1. The first-order valence-corrected chi connectivity index (χ1v) is 9.70. The summed E-state index contributed by atoms with van der Waals surface area (Å²) < 4.78 is 39.8. The maximum Gasteiger partial charge on any atom is 0.387 e. The minimum Gasteiger partial charge on any atom is -0.493 e. The summed E-state index contributed by atoms with van der Waals surface area (Å²) >= 11 is 0. The first-order valence-electron chi connectivity index (χ1n) is 9.70. The van der Waals surface area contributed by atoms with Crippen molar-refractivity contribution in [3.05, 3.63) is 23.8 Å². The van der Waals surface area contributed by atoms with Crippen molar-refractivity contribution in [1.82, 2.24) is 10.6 Å². The van der Waals surface area contributed by atoms with E-state index in [2.05, 4.69) is 22.3 Å². The van der Waals surface area contributed by atoms with Gasteiger partial charge in [0.05, 0.1) is 26.4 Å². The molecule has 0 aliphatic heterocycles. The highest BCUT2D eigenvalue weighted by Crippen LogP contribution is 2.29. The van der Waals surface area contributed by atoms with Crippen LogP contribution in [-0.4, -0.2) is 51.3 Å². The molecule has 0 heterocycles. The van der Waals surface area contributed by atoms with Gasteiger partial charge in [-0.25, -0.2) is 0 Å². The van der Waals surface area contributed by atoms with Gasteiger partial charge >= 0.3 is 6.61 Å². The number of alkyl halides is 2. The van der Waals surface area contributed by atoms with Crippen molar-refractivity contribution in [2.75, 3.05) is 26.8 Å². The van der Waals surface area contributed by atoms with Gasteiger partial charge < -0.3 is 24.8 Å². The van der Waals surface area contributed by atoms with Gasteiger partial charge in [-0.15, -0.1) is 0 Å². The normalized spacial score (nSPS) is 18.9. The van der Waals surface area contributed by atoms with E-state index in [4.69, 9.17) is 9.47 Å². The fourth-order valence-corrected chi connectivity index (χ4v) is 3.26. The molecule has 0 saturated heterocycles. The van der Waals surface area contributed by atoms with Crippen molar-refractivity contribution in [1.29, 1.82) is 0 Å². The second-order valence-electron chi connectivity index (χ2n) is 6.95. The summed E-state index contributed by atoms with van der Waals surface area (Å²) in [5.74, 6) is -0.522. The molecular formula is C20H28F2N2O5. The van der Waals surface area contributed by atoms with Crippen LogP contribution in [0, 0.1) is 5.92 Å². The van der Waals surface area contributed by atoms with Crippen LogP contribution in [0.2, 0.25) is 0 Å². The molecule has 0 spiro atoms. The van der Waals surface area contributed by atoms with Crippen LogP contribution in [0.4, 0.5) is 8.78 Å². The number of methoxy groups -OCH3 is 1. The van der Waals surface area contributed by atoms with Gasteiger partial charge in [0.15, 0.2) is 11.5 Å². The Labute approximate surface area is 169 Å². The van der Waals surface area contributed by atoms with Crippen LogP contribution < -0.4 is 20.1 Å². The average molecular weight is 414 g/mol. The topological polar surface area (TPSA) is 85.9 Å². The lowest BCUT2D eigenvalue weighted by atomic mass is 9.88. The van der Waals surface area contributed by atoms with E-state index in [0.29, 0.717) is 19.1 Å². The second-order valence-corrected chi connectivity index (χ2v) is 6.95. The van der Waals surface area contributed by atoms with Crippen LogP contribution in [0.3, 0.4) is 0 Å². The highest BCUT2D eigenvalue weighted by atomic mass is 19.3. The van der Waals surface area contributed by atoms with E-state index in [0.717, 1.165) is 6.42 Å². The maximum absolute atomic E-state index is 12.3. The molecule has 2 unspecified atom stereocenters. The molecule has 1 aliphatic rings. The predicted octanol–water partition coefficient (Wildman–Crippen LogP) is 2.74. The van der Waals surface area contributed by atoms with E-state index < -0.39 is 12.5 Å². The molecule has 0 bridgehead atoms. The minimum atomic E-state index is -3.00. The van der Waals surface area contributed by atoms with Crippen molar-refractivity contribution in [3.63, 3.8) is 0 Å². The molecule has 2 rings (SSSR count).